The molecule has 1 saturated heterocycles. The number of aromatic hydroxyl groups is 1. The van der Waals surface area contributed by atoms with E-state index in [1.165, 1.54) is 12.3 Å². The third-order valence-corrected chi connectivity index (χ3v) is 4.84. The van der Waals surface area contributed by atoms with E-state index in [1.54, 1.807) is 18.3 Å². The molecule has 1 unspecified atom stereocenters. The summed E-state index contributed by atoms with van der Waals surface area (Å²) in [5.41, 5.74) is 1.81. The minimum atomic E-state index is -0.618. The van der Waals surface area contributed by atoms with Crippen LogP contribution in [0.3, 0.4) is 0 Å². The van der Waals surface area contributed by atoms with E-state index in [4.69, 9.17) is 0 Å². The summed E-state index contributed by atoms with van der Waals surface area (Å²) in [6, 6.07) is 5.23. The van der Waals surface area contributed by atoms with Crippen molar-refractivity contribution >= 4 is 5.95 Å². The number of aromatic nitrogens is 5. The van der Waals surface area contributed by atoms with Crippen LogP contribution in [0.15, 0.2) is 30.6 Å². The van der Waals surface area contributed by atoms with Crippen molar-refractivity contribution < 1.29 is 9.50 Å². The topological polar surface area (TPSA) is 103 Å². The quantitative estimate of drug-likeness (QED) is 0.622. The molecule has 3 aromatic rings. The van der Waals surface area contributed by atoms with Crippen LogP contribution in [-0.2, 0) is 0 Å². The molecule has 3 N–H and O–H groups in total. The molecule has 1 aliphatic rings. The molecule has 8 nitrogen and oxygen atoms in total. The molecule has 0 spiro atoms. The van der Waals surface area contributed by atoms with Gasteiger partial charge in [-0.2, -0.15) is 4.39 Å². The number of halogens is 1. The Hall–Kier alpha value is -3.07. The molecular formula is C20H24FN7O. The minimum Gasteiger partial charge on any atom is -0.507 e. The SMILES string of the molecule is CC(C)(C)NC1CCN(c2ncc(-c3ccc(-c4c[nH]nc4F)cc3O)nn2)C1. The Kier molecular flexibility index (Phi) is 4.91. The molecule has 0 amide bonds. The van der Waals surface area contributed by atoms with Crippen molar-refractivity contribution in [2.45, 2.75) is 38.8 Å². The molecule has 2 aromatic heterocycles. The van der Waals surface area contributed by atoms with Gasteiger partial charge in [0.15, 0.2) is 0 Å². The van der Waals surface area contributed by atoms with Gasteiger partial charge in [-0.1, -0.05) is 6.07 Å². The molecule has 1 atom stereocenters. The predicted octanol–water partition coefficient (Wildman–Crippen LogP) is 2.74. The highest BCUT2D eigenvalue weighted by Gasteiger charge is 2.27. The lowest BCUT2D eigenvalue weighted by Crippen LogP contribution is -2.45. The number of H-pyrrole nitrogens is 1. The lowest BCUT2D eigenvalue weighted by Gasteiger charge is -2.25. The fraction of sp³-hybridized carbons (Fsp3) is 0.400. The predicted molar refractivity (Wildman–Crippen MR) is 108 cm³/mol. The maximum atomic E-state index is 13.6. The van der Waals surface area contributed by atoms with E-state index in [0.717, 1.165) is 19.5 Å². The smallest absolute Gasteiger partial charge is 0.245 e. The van der Waals surface area contributed by atoms with E-state index in [0.29, 0.717) is 34.4 Å². The molecule has 3 heterocycles. The van der Waals surface area contributed by atoms with Gasteiger partial charge in [-0.15, -0.1) is 15.3 Å². The summed E-state index contributed by atoms with van der Waals surface area (Å²) in [4.78, 5) is 6.54. The van der Waals surface area contributed by atoms with Crippen LogP contribution in [0.5, 0.6) is 5.75 Å². The molecule has 9 heteroatoms. The summed E-state index contributed by atoms with van der Waals surface area (Å²) in [6.07, 6.45) is 4.06. The highest BCUT2D eigenvalue weighted by atomic mass is 19.1. The molecule has 0 radical (unpaired) electrons. The second-order valence-electron chi connectivity index (χ2n) is 8.29. The number of phenolic OH excluding ortho intramolecular Hbond substituents is 1. The highest BCUT2D eigenvalue weighted by molar-refractivity contribution is 5.73. The Morgan fingerprint density at radius 2 is 2.07 bits per heavy atom. The Labute approximate surface area is 168 Å². The van der Waals surface area contributed by atoms with Crippen molar-refractivity contribution in [2.75, 3.05) is 18.0 Å². The van der Waals surface area contributed by atoms with Gasteiger partial charge in [0.1, 0.15) is 11.4 Å². The first kappa shape index (κ1) is 19.3. The van der Waals surface area contributed by atoms with E-state index in [9.17, 15) is 9.50 Å². The Bertz CT molecular complexity index is 997. The van der Waals surface area contributed by atoms with Crippen molar-refractivity contribution in [2.24, 2.45) is 0 Å². The fourth-order valence-corrected chi connectivity index (χ4v) is 3.60. The molecular weight excluding hydrogens is 373 g/mol. The zero-order valence-corrected chi connectivity index (χ0v) is 16.6. The first-order valence-electron chi connectivity index (χ1n) is 9.55. The van der Waals surface area contributed by atoms with Gasteiger partial charge in [0, 0.05) is 36.4 Å². The summed E-state index contributed by atoms with van der Waals surface area (Å²) in [5.74, 6) is -0.0704. The van der Waals surface area contributed by atoms with Crippen LogP contribution in [-0.4, -0.2) is 55.2 Å². The summed E-state index contributed by atoms with van der Waals surface area (Å²) < 4.78 is 13.6. The molecule has 29 heavy (non-hydrogen) atoms. The van der Waals surface area contributed by atoms with Crippen molar-refractivity contribution in [1.29, 1.82) is 0 Å². The molecule has 1 aliphatic heterocycles. The molecule has 1 aromatic carbocycles. The third-order valence-electron chi connectivity index (χ3n) is 4.84. The summed E-state index contributed by atoms with van der Waals surface area (Å²) >= 11 is 0. The van der Waals surface area contributed by atoms with Gasteiger partial charge < -0.3 is 15.3 Å². The normalized spacial score (nSPS) is 17.1. The highest BCUT2D eigenvalue weighted by Crippen LogP contribution is 2.32. The van der Waals surface area contributed by atoms with Crippen LogP contribution in [0.25, 0.3) is 22.4 Å². The van der Waals surface area contributed by atoms with Crippen molar-refractivity contribution in [3.05, 3.63) is 36.5 Å². The van der Waals surface area contributed by atoms with Crippen LogP contribution in [0, 0.1) is 5.95 Å². The van der Waals surface area contributed by atoms with Crippen LogP contribution in [0.1, 0.15) is 27.2 Å². The number of phenols is 1. The van der Waals surface area contributed by atoms with Gasteiger partial charge in [-0.3, -0.25) is 5.10 Å². The number of benzene rings is 1. The van der Waals surface area contributed by atoms with Gasteiger partial charge in [0.25, 0.3) is 0 Å². The zero-order chi connectivity index (χ0) is 20.6. The van der Waals surface area contributed by atoms with Crippen molar-refractivity contribution in [3.8, 4) is 28.1 Å². The lowest BCUT2D eigenvalue weighted by molar-refractivity contribution is 0.373. The Morgan fingerprint density at radius 3 is 2.69 bits per heavy atom. The average molecular weight is 397 g/mol. The number of rotatable bonds is 4. The molecule has 1 fully saturated rings. The minimum absolute atomic E-state index is 0.0254. The summed E-state index contributed by atoms with van der Waals surface area (Å²) in [6.45, 7) is 8.16. The zero-order valence-electron chi connectivity index (χ0n) is 16.6. The van der Waals surface area contributed by atoms with Gasteiger partial charge in [0.2, 0.25) is 11.9 Å². The van der Waals surface area contributed by atoms with Gasteiger partial charge in [-0.05, 0) is 44.9 Å². The lowest BCUT2D eigenvalue weighted by atomic mass is 10.0. The van der Waals surface area contributed by atoms with Crippen molar-refractivity contribution in [1.82, 2.24) is 30.7 Å². The van der Waals surface area contributed by atoms with Gasteiger partial charge in [-0.25, -0.2) is 4.98 Å². The van der Waals surface area contributed by atoms with Crippen LogP contribution >= 0.6 is 0 Å². The van der Waals surface area contributed by atoms with E-state index < -0.39 is 5.95 Å². The molecule has 152 valence electrons. The summed E-state index contributed by atoms with van der Waals surface area (Å²) in [5, 5.41) is 28.4. The number of nitrogens with one attached hydrogen (secondary N) is 2. The molecule has 4 rings (SSSR count). The maximum absolute atomic E-state index is 13.6. The largest absolute Gasteiger partial charge is 0.507 e. The number of anilines is 1. The maximum Gasteiger partial charge on any atom is 0.245 e. The van der Waals surface area contributed by atoms with Gasteiger partial charge in [0.05, 0.1) is 11.8 Å². The average Bonchev–Trinajstić information content (AvgIpc) is 3.29. The monoisotopic (exact) mass is 397 g/mol. The van der Waals surface area contributed by atoms with Crippen LogP contribution in [0.2, 0.25) is 0 Å². The number of aromatic amines is 1. The standard InChI is InChI=1S/C20H24FN7O/c1-20(2,3)24-13-6-7-28(11-13)19-22-10-16(25-27-19)14-5-4-12(8-17(14)29)15-9-23-26-18(15)21/h4-5,8-10,13,24,29H,6-7,11H2,1-3H3,(H,23,26). The Balaban J connectivity index is 1.49. The van der Waals surface area contributed by atoms with E-state index >= 15 is 0 Å². The summed E-state index contributed by atoms with van der Waals surface area (Å²) in [7, 11) is 0. The van der Waals surface area contributed by atoms with E-state index in [-0.39, 0.29) is 11.3 Å². The fourth-order valence-electron chi connectivity index (χ4n) is 3.60. The molecule has 0 aliphatic carbocycles. The first-order valence-corrected chi connectivity index (χ1v) is 9.55. The third kappa shape index (κ3) is 4.19. The Morgan fingerprint density at radius 1 is 1.24 bits per heavy atom. The molecule has 0 bridgehead atoms. The van der Waals surface area contributed by atoms with Crippen molar-refractivity contribution in [3.63, 3.8) is 0 Å². The first-order chi connectivity index (χ1) is 13.8. The van der Waals surface area contributed by atoms with Crippen LogP contribution < -0.4 is 10.2 Å². The van der Waals surface area contributed by atoms with E-state index in [1.807, 2.05) is 0 Å². The molecule has 0 saturated carbocycles. The number of nitrogens with zero attached hydrogens (tertiary/aromatic N) is 5. The van der Waals surface area contributed by atoms with Crippen LogP contribution in [0.4, 0.5) is 10.3 Å². The number of hydrogen-bond acceptors (Lipinski definition) is 7. The second kappa shape index (κ2) is 7.40. The number of hydrogen-bond donors (Lipinski definition) is 3. The second-order valence-corrected chi connectivity index (χ2v) is 8.29. The van der Waals surface area contributed by atoms with Gasteiger partial charge >= 0.3 is 0 Å². The van der Waals surface area contributed by atoms with E-state index in [2.05, 4.69) is 56.4 Å².